The number of carbonyl (C=O) groups is 4. The van der Waals surface area contributed by atoms with Crippen molar-refractivity contribution in [1.29, 1.82) is 0 Å². The van der Waals surface area contributed by atoms with Crippen molar-refractivity contribution in [2.75, 3.05) is 0 Å². The van der Waals surface area contributed by atoms with Gasteiger partial charge in [-0.15, -0.1) is 0 Å². The first-order chi connectivity index (χ1) is 11.3. The fraction of sp³-hybridized carbons (Fsp3) is 0. The minimum Gasteiger partial charge on any atom is -0.249 e. The number of rotatable bonds is 4. The molecule has 0 N–H and O–H groups in total. The molecule has 0 radical (unpaired) electrons. The molecule has 0 atom stereocenters. The van der Waals surface area contributed by atoms with Gasteiger partial charge in [0.15, 0.2) is 11.6 Å². The second-order valence-electron chi connectivity index (χ2n) is 3.59. The molecule has 1 rings (SSSR count). The minimum atomic E-state index is -2.51. The zero-order chi connectivity index (χ0) is 18.6. The minimum absolute atomic E-state index is 2.12. The molecule has 24 heavy (non-hydrogen) atoms. The summed E-state index contributed by atoms with van der Waals surface area (Å²) < 4.78 is 75.9. The van der Waals surface area contributed by atoms with Gasteiger partial charge in [-0.3, -0.25) is 0 Å². The molecule has 0 saturated heterocycles. The summed E-state index contributed by atoms with van der Waals surface area (Å²) in [6.45, 7) is 0. The van der Waals surface area contributed by atoms with E-state index in [9.17, 15) is 46.1 Å². The Morgan fingerprint density at radius 2 is 0.667 bits per heavy atom. The molecule has 130 valence electrons. The lowest BCUT2D eigenvalue weighted by atomic mass is 9.96. The van der Waals surface area contributed by atoms with Crippen molar-refractivity contribution in [2.24, 2.45) is 0 Å². The Balaban J connectivity index is 4.08. The van der Waals surface area contributed by atoms with Gasteiger partial charge in [-0.1, -0.05) is 0 Å². The van der Waals surface area contributed by atoms with E-state index in [0.717, 1.165) is 0 Å². The van der Waals surface area contributed by atoms with E-state index in [1.165, 1.54) is 0 Å². The molecule has 0 aliphatic heterocycles. The SMILES string of the molecule is O=C(OF)c1c(F)c(C(=O)OF)c(C(=O)OF)c(F)c1C(=O)OF. The van der Waals surface area contributed by atoms with Crippen LogP contribution in [0.25, 0.3) is 0 Å². The van der Waals surface area contributed by atoms with E-state index in [1.54, 1.807) is 0 Å². The van der Waals surface area contributed by atoms with Gasteiger partial charge in [0.25, 0.3) is 0 Å². The summed E-state index contributed by atoms with van der Waals surface area (Å²) in [5.41, 5.74) is -8.47. The Hall–Kier alpha value is -3.32. The fourth-order valence-corrected chi connectivity index (χ4v) is 1.61. The van der Waals surface area contributed by atoms with Crippen LogP contribution >= 0.6 is 0 Å². The molecule has 1 aromatic carbocycles. The first-order valence-electron chi connectivity index (χ1n) is 5.13. The predicted octanol–water partition coefficient (Wildman–Crippen LogP) is 2.13. The highest BCUT2D eigenvalue weighted by Crippen LogP contribution is 2.29. The molecule has 0 amide bonds. The van der Waals surface area contributed by atoms with Crippen molar-refractivity contribution >= 4 is 23.9 Å². The summed E-state index contributed by atoms with van der Waals surface area (Å²) in [5, 5.41) is 0. The van der Waals surface area contributed by atoms with Gasteiger partial charge in [0.1, 0.15) is 22.3 Å². The zero-order valence-corrected chi connectivity index (χ0v) is 10.5. The van der Waals surface area contributed by atoms with Crippen molar-refractivity contribution in [3.63, 3.8) is 0 Å². The third kappa shape index (κ3) is 2.92. The molecule has 0 aliphatic rings. The van der Waals surface area contributed by atoms with Gasteiger partial charge < -0.3 is 0 Å². The van der Waals surface area contributed by atoms with E-state index in [2.05, 4.69) is 19.8 Å². The summed E-state index contributed by atoms with van der Waals surface area (Å²) in [7, 11) is 0. The van der Waals surface area contributed by atoms with Gasteiger partial charge in [0, 0.05) is 18.1 Å². The van der Waals surface area contributed by atoms with E-state index in [1.807, 2.05) is 0 Å². The highest BCUT2D eigenvalue weighted by molar-refractivity contribution is 6.10. The lowest BCUT2D eigenvalue weighted by molar-refractivity contribution is -0.0847. The summed E-state index contributed by atoms with van der Waals surface area (Å²) in [6, 6.07) is 0. The predicted molar refractivity (Wildman–Crippen MR) is 52.5 cm³/mol. The van der Waals surface area contributed by atoms with E-state index in [4.69, 9.17) is 0 Å². The standard InChI is InChI=1S/C10F6O8/c11-5-1(7(17)21-13)2(8(18)22-14)6(12)4(10(20)24-16)3(5)9(19)23-15. The number of benzene rings is 1. The third-order valence-electron chi connectivity index (χ3n) is 2.47. The van der Waals surface area contributed by atoms with Crippen LogP contribution in [0.4, 0.5) is 26.9 Å². The Morgan fingerprint density at radius 3 is 0.792 bits per heavy atom. The molecule has 0 aromatic heterocycles. The normalized spacial score (nSPS) is 9.92. The van der Waals surface area contributed by atoms with Crippen LogP contribution < -0.4 is 0 Å². The van der Waals surface area contributed by atoms with Gasteiger partial charge in [0.2, 0.25) is 0 Å². The fourth-order valence-electron chi connectivity index (χ4n) is 1.61. The van der Waals surface area contributed by atoms with Crippen LogP contribution in [0.3, 0.4) is 0 Å². The maximum Gasteiger partial charge on any atom is 0.383 e. The van der Waals surface area contributed by atoms with E-state index >= 15 is 0 Å². The van der Waals surface area contributed by atoms with Gasteiger partial charge in [0.05, 0.1) is 0 Å². The summed E-state index contributed by atoms with van der Waals surface area (Å²) in [6.07, 6.45) is 0. The van der Waals surface area contributed by atoms with E-state index in [-0.39, 0.29) is 0 Å². The maximum atomic E-state index is 14.1. The molecular weight excluding hydrogens is 362 g/mol. The smallest absolute Gasteiger partial charge is 0.249 e. The number of carbonyl (C=O) groups excluding carboxylic acids is 4. The summed E-state index contributed by atoms with van der Waals surface area (Å²) in [5.74, 6) is -15.1. The second-order valence-corrected chi connectivity index (χ2v) is 3.59. The van der Waals surface area contributed by atoms with Crippen molar-refractivity contribution in [3.05, 3.63) is 33.9 Å². The van der Waals surface area contributed by atoms with Crippen LogP contribution in [0.2, 0.25) is 0 Å². The molecule has 0 heterocycles. The Bertz CT molecular complexity index is 615. The van der Waals surface area contributed by atoms with Crippen LogP contribution in [0, 0.1) is 11.6 Å². The number of hydrogen-bond donors (Lipinski definition) is 0. The average Bonchev–Trinajstić information content (AvgIpc) is 2.59. The molecule has 0 fully saturated rings. The molecule has 14 heteroatoms. The van der Waals surface area contributed by atoms with Crippen LogP contribution in [-0.4, -0.2) is 23.9 Å². The van der Waals surface area contributed by atoms with Crippen molar-refractivity contribution < 1.29 is 65.8 Å². The van der Waals surface area contributed by atoms with Gasteiger partial charge in [-0.25, -0.2) is 47.7 Å². The zero-order valence-electron chi connectivity index (χ0n) is 10.5. The average molecular weight is 362 g/mol. The molecule has 0 saturated carbocycles. The maximum absolute atomic E-state index is 14.1. The van der Waals surface area contributed by atoms with Crippen molar-refractivity contribution in [2.45, 2.75) is 0 Å². The Labute approximate surface area is 125 Å². The van der Waals surface area contributed by atoms with E-state index in [0.29, 0.717) is 0 Å². The first-order valence-corrected chi connectivity index (χ1v) is 5.13. The Morgan fingerprint density at radius 1 is 0.500 bits per heavy atom. The molecule has 0 bridgehead atoms. The monoisotopic (exact) mass is 362 g/mol. The first kappa shape index (κ1) is 18.7. The van der Waals surface area contributed by atoms with Gasteiger partial charge >= 0.3 is 23.9 Å². The molecule has 0 spiro atoms. The summed E-state index contributed by atoms with van der Waals surface area (Å²) in [4.78, 5) is 54.2. The van der Waals surface area contributed by atoms with Crippen LogP contribution in [0.5, 0.6) is 0 Å². The van der Waals surface area contributed by atoms with Crippen molar-refractivity contribution in [1.82, 2.24) is 0 Å². The third-order valence-corrected chi connectivity index (χ3v) is 2.47. The topological polar surface area (TPSA) is 105 Å². The molecule has 1 aromatic rings. The van der Waals surface area contributed by atoms with Gasteiger partial charge in [-0.2, -0.15) is 0 Å². The molecule has 0 unspecified atom stereocenters. The lowest BCUT2D eigenvalue weighted by Crippen LogP contribution is -2.24. The molecule has 8 nitrogen and oxygen atoms in total. The van der Waals surface area contributed by atoms with Crippen LogP contribution in [-0.2, 0) is 19.8 Å². The van der Waals surface area contributed by atoms with Crippen LogP contribution in [0.1, 0.15) is 41.4 Å². The largest absolute Gasteiger partial charge is 0.383 e. The number of halogens is 6. The summed E-state index contributed by atoms with van der Waals surface area (Å²) >= 11 is 0. The highest BCUT2D eigenvalue weighted by atomic mass is 19.3. The van der Waals surface area contributed by atoms with E-state index < -0.39 is 57.8 Å². The second kappa shape index (κ2) is 7.30. The van der Waals surface area contributed by atoms with Gasteiger partial charge in [-0.05, 0) is 0 Å². The van der Waals surface area contributed by atoms with Crippen molar-refractivity contribution in [3.8, 4) is 0 Å². The van der Waals surface area contributed by atoms with Crippen LogP contribution in [0.15, 0.2) is 0 Å². The highest BCUT2D eigenvalue weighted by Gasteiger charge is 2.40. The quantitative estimate of drug-likeness (QED) is 0.750. The molecular formula is C10F6O8. The Kier molecular flexibility index (Phi) is 5.69. The molecule has 0 aliphatic carbocycles. The number of hydrogen-bond acceptors (Lipinski definition) is 8. The lowest BCUT2D eigenvalue weighted by Gasteiger charge is -2.12.